The first-order valence-corrected chi connectivity index (χ1v) is 14.7. The van der Waals surface area contributed by atoms with Crippen molar-refractivity contribution in [2.24, 2.45) is 5.92 Å². The van der Waals surface area contributed by atoms with Crippen LogP contribution in [0, 0.1) is 12.8 Å². The van der Waals surface area contributed by atoms with Crippen LogP contribution in [-0.4, -0.2) is 69.3 Å². The van der Waals surface area contributed by atoms with Crippen molar-refractivity contribution in [2.75, 3.05) is 19.8 Å². The number of aliphatic hydroxyl groups excluding tert-OH is 2. The molecule has 2 amide bonds. The van der Waals surface area contributed by atoms with Crippen LogP contribution in [0.15, 0.2) is 64.3 Å². The van der Waals surface area contributed by atoms with Crippen molar-refractivity contribution in [3.8, 4) is 11.1 Å². The number of carbonyl (C=O) groups is 2. The van der Waals surface area contributed by atoms with Crippen molar-refractivity contribution in [3.05, 3.63) is 92.3 Å². The molecule has 1 aliphatic heterocycles. The molecule has 1 fully saturated rings. The van der Waals surface area contributed by atoms with E-state index in [0.29, 0.717) is 6.42 Å². The maximum absolute atomic E-state index is 13.3. The van der Waals surface area contributed by atoms with E-state index in [1.54, 1.807) is 0 Å². The lowest BCUT2D eigenvalue weighted by atomic mass is 9.97. The zero-order valence-electron chi connectivity index (χ0n) is 24.9. The number of rotatable bonds is 10. The maximum atomic E-state index is 13.3. The number of aromatic nitrogens is 2. The average molecular weight is 607 g/mol. The van der Waals surface area contributed by atoms with Gasteiger partial charge in [0, 0.05) is 24.1 Å². The standard InChI is InChI=1S/C32H38N4O8/c1-18(2)12-25(34-31(42)43-15-24-22-10-6-4-8-20(22)21-9-5-7-11-23(21)24)29(40)33-16-32(17-37)26(38)13-27(44-32)36-14-19(3)28(39)35-30(36)41/h4-11,14,18,24-27,37-38H,12-13,15-17H2,1-3H3,(H,33,40)(H,34,42)(H,35,39,41)/t25-,26-,27+,32+/m0/s1. The predicted octanol–water partition coefficient (Wildman–Crippen LogP) is 1.93. The summed E-state index contributed by atoms with van der Waals surface area (Å²) in [5.41, 5.74) is 1.74. The van der Waals surface area contributed by atoms with E-state index in [4.69, 9.17) is 9.47 Å². The molecule has 5 N–H and O–H groups in total. The summed E-state index contributed by atoms with van der Waals surface area (Å²) in [7, 11) is 0. The third-order valence-electron chi connectivity index (χ3n) is 8.35. The molecule has 1 aromatic heterocycles. The summed E-state index contributed by atoms with van der Waals surface area (Å²) in [5.74, 6) is -0.640. The number of hydrogen-bond acceptors (Lipinski definition) is 8. The Morgan fingerprint density at radius 3 is 2.36 bits per heavy atom. The van der Waals surface area contributed by atoms with Gasteiger partial charge in [-0.05, 0) is 41.5 Å². The number of hydrogen-bond donors (Lipinski definition) is 5. The number of nitrogens with zero attached hydrogens (tertiary/aromatic N) is 1. The molecule has 0 spiro atoms. The highest BCUT2D eigenvalue weighted by molar-refractivity contribution is 5.86. The molecule has 5 rings (SSSR count). The third kappa shape index (κ3) is 6.19. The fraction of sp³-hybridized carbons (Fsp3) is 0.438. The van der Waals surface area contributed by atoms with Crippen molar-refractivity contribution in [1.29, 1.82) is 0 Å². The Morgan fingerprint density at radius 1 is 1.11 bits per heavy atom. The van der Waals surface area contributed by atoms with Gasteiger partial charge in [0.2, 0.25) is 5.91 Å². The van der Waals surface area contributed by atoms with Crippen molar-refractivity contribution in [2.45, 2.75) is 63.5 Å². The molecule has 0 unspecified atom stereocenters. The minimum absolute atomic E-state index is 0.0412. The van der Waals surface area contributed by atoms with Crippen LogP contribution in [0.4, 0.5) is 4.79 Å². The van der Waals surface area contributed by atoms with Crippen LogP contribution in [-0.2, 0) is 14.3 Å². The SMILES string of the molecule is Cc1cn([C@H]2C[C@H](O)[C@](CO)(CNC(=O)[C@H](CC(C)C)NC(=O)OCC3c4ccccc4-c4ccccc43)O2)c(=O)[nH]c1=O. The van der Waals surface area contributed by atoms with Crippen molar-refractivity contribution >= 4 is 12.0 Å². The molecule has 1 saturated heterocycles. The van der Waals surface area contributed by atoms with E-state index in [9.17, 15) is 29.4 Å². The summed E-state index contributed by atoms with van der Waals surface area (Å²) in [6.45, 7) is 4.49. The quantitative estimate of drug-likeness (QED) is 0.233. The van der Waals surface area contributed by atoms with E-state index < -0.39 is 53.8 Å². The van der Waals surface area contributed by atoms with E-state index in [1.165, 1.54) is 13.1 Å². The second-order valence-corrected chi connectivity index (χ2v) is 11.9. The van der Waals surface area contributed by atoms with Crippen LogP contribution in [0.3, 0.4) is 0 Å². The number of aryl methyl sites for hydroxylation is 1. The molecule has 4 atom stereocenters. The van der Waals surface area contributed by atoms with E-state index >= 15 is 0 Å². The lowest BCUT2D eigenvalue weighted by Crippen LogP contribution is -2.56. The highest BCUT2D eigenvalue weighted by Gasteiger charge is 2.49. The van der Waals surface area contributed by atoms with Gasteiger partial charge in [0.15, 0.2) is 0 Å². The molecule has 1 aliphatic carbocycles. The van der Waals surface area contributed by atoms with Gasteiger partial charge >= 0.3 is 11.8 Å². The molecule has 0 saturated carbocycles. The number of amides is 2. The van der Waals surface area contributed by atoms with Gasteiger partial charge in [-0.25, -0.2) is 9.59 Å². The normalized spacial score (nSPS) is 21.5. The molecule has 0 bridgehead atoms. The number of aromatic amines is 1. The van der Waals surface area contributed by atoms with E-state index in [0.717, 1.165) is 26.8 Å². The number of nitrogens with one attached hydrogen (secondary N) is 3. The largest absolute Gasteiger partial charge is 0.449 e. The van der Waals surface area contributed by atoms with Gasteiger partial charge in [-0.2, -0.15) is 0 Å². The number of benzene rings is 2. The minimum Gasteiger partial charge on any atom is -0.449 e. The fourth-order valence-corrected chi connectivity index (χ4v) is 5.98. The molecule has 234 valence electrons. The molecule has 3 aromatic rings. The number of aliphatic hydroxyl groups is 2. The van der Waals surface area contributed by atoms with Crippen LogP contribution in [0.25, 0.3) is 11.1 Å². The first-order valence-electron chi connectivity index (χ1n) is 14.7. The summed E-state index contributed by atoms with van der Waals surface area (Å²) < 4.78 is 12.7. The first-order chi connectivity index (χ1) is 21.0. The summed E-state index contributed by atoms with van der Waals surface area (Å²) in [5, 5.41) is 26.4. The second kappa shape index (κ2) is 12.8. The lowest BCUT2D eigenvalue weighted by molar-refractivity contribution is -0.137. The lowest BCUT2D eigenvalue weighted by Gasteiger charge is -2.31. The summed E-state index contributed by atoms with van der Waals surface area (Å²) in [4.78, 5) is 52.6. The van der Waals surface area contributed by atoms with Gasteiger partial charge in [-0.1, -0.05) is 62.4 Å². The average Bonchev–Trinajstić information content (AvgIpc) is 3.50. The summed E-state index contributed by atoms with van der Waals surface area (Å²) >= 11 is 0. The molecule has 2 aliphatic rings. The molecular weight excluding hydrogens is 568 g/mol. The summed E-state index contributed by atoms with van der Waals surface area (Å²) in [6.07, 6.45) is -1.40. The smallest absolute Gasteiger partial charge is 0.407 e. The Kier molecular flexibility index (Phi) is 9.05. The van der Waals surface area contributed by atoms with Gasteiger partial charge in [0.1, 0.15) is 24.5 Å². The number of H-pyrrole nitrogens is 1. The fourth-order valence-electron chi connectivity index (χ4n) is 5.98. The number of fused-ring (bicyclic) bond motifs is 3. The Labute approximate surface area is 254 Å². The first kappa shape index (κ1) is 31.2. The zero-order valence-corrected chi connectivity index (χ0v) is 24.9. The minimum atomic E-state index is -1.62. The van der Waals surface area contributed by atoms with Crippen LogP contribution < -0.4 is 21.9 Å². The van der Waals surface area contributed by atoms with Crippen LogP contribution in [0.5, 0.6) is 0 Å². The van der Waals surface area contributed by atoms with Crippen molar-refractivity contribution < 1.29 is 29.3 Å². The van der Waals surface area contributed by atoms with Gasteiger partial charge in [-0.15, -0.1) is 0 Å². The van der Waals surface area contributed by atoms with Crippen LogP contribution in [0.2, 0.25) is 0 Å². The summed E-state index contributed by atoms with van der Waals surface area (Å²) in [6, 6.07) is 15.0. The van der Waals surface area contributed by atoms with E-state index in [1.807, 2.05) is 62.4 Å². The monoisotopic (exact) mass is 606 g/mol. The Morgan fingerprint density at radius 2 is 1.75 bits per heavy atom. The molecule has 2 heterocycles. The van der Waals surface area contributed by atoms with Crippen molar-refractivity contribution in [1.82, 2.24) is 20.2 Å². The Bertz CT molecular complexity index is 1600. The van der Waals surface area contributed by atoms with Gasteiger partial charge in [0.05, 0.1) is 19.3 Å². The number of alkyl carbamates (subject to hydrolysis) is 1. The molecular formula is C32H38N4O8. The van der Waals surface area contributed by atoms with Gasteiger partial charge < -0.3 is 30.3 Å². The molecule has 12 heteroatoms. The zero-order chi connectivity index (χ0) is 31.6. The molecule has 0 radical (unpaired) electrons. The topological polar surface area (TPSA) is 172 Å². The Hall–Kier alpha value is -4.26. The van der Waals surface area contributed by atoms with Gasteiger partial charge in [-0.3, -0.25) is 19.1 Å². The van der Waals surface area contributed by atoms with E-state index in [-0.39, 0.29) is 37.0 Å². The number of carbonyl (C=O) groups excluding carboxylic acids is 2. The highest BCUT2D eigenvalue weighted by atomic mass is 16.6. The van der Waals surface area contributed by atoms with Gasteiger partial charge in [0.25, 0.3) is 5.56 Å². The number of ether oxygens (including phenoxy) is 2. The molecule has 12 nitrogen and oxygen atoms in total. The third-order valence-corrected chi connectivity index (χ3v) is 8.35. The molecule has 44 heavy (non-hydrogen) atoms. The Balaban J connectivity index is 1.23. The second-order valence-electron chi connectivity index (χ2n) is 11.9. The molecule has 2 aromatic carbocycles. The van der Waals surface area contributed by atoms with E-state index in [2.05, 4.69) is 15.6 Å². The maximum Gasteiger partial charge on any atom is 0.407 e. The van der Waals surface area contributed by atoms with Crippen molar-refractivity contribution in [3.63, 3.8) is 0 Å². The van der Waals surface area contributed by atoms with Crippen LogP contribution in [0.1, 0.15) is 55.5 Å². The van der Waals surface area contributed by atoms with Crippen LogP contribution >= 0.6 is 0 Å². The highest BCUT2D eigenvalue weighted by Crippen LogP contribution is 2.44. The predicted molar refractivity (Wildman–Crippen MR) is 161 cm³/mol.